The number of aromatic nitrogens is 2. The Kier molecular flexibility index (Phi) is 7.48. The lowest BCUT2D eigenvalue weighted by Gasteiger charge is -2.46. The second-order valence-corrected chi connectivity index (χ2v) is 10.8. The van der Waals surface area contributed by atoms with Gasteiger partial charge in [0, 0.05) is 47.1 Å². The Labute approximate surface area is 227 Å². The van der Waals surface area contributed by atoms with Gasteiger partial charge in [-0.3, -0.25) is 25.2 Å². The number of carbonyl (C=O) groups excluding carboxylic acids is 2. The van der Waals surface area contributed by atoms with Crippen molar-refractivity contribution in [2.24, 2.45) is 16.8 Å². The van der Waals surface area contributed by atoms with Gasteiger partial charge in [-0.15, -0.1) is 11.8 Å². The minimum Gasteiger partial charge on any atom is -0.456 e. The van der Waals surface area contributed by atoms with Crippen LogP contribution in [0.25, 0.3) is 0 Å². The highest BCUT2D eigenvalue weighted by Gasteiger charge is 2.60. The predicted molar refractivity (Wildman–Crippen MR) is 142 cm³/mol. The molecule has 14 heteroatoms. The van der Waals surface area contributed by atoms with Crippen molar-refractivity contribution in [1.82, 2.24) is 20.2 Å². The molecule has 3 aliphatic heterocycles. The minimum atomic E-state index is -0.849. The Morgan fingerprint density at radius 1 is 1.33 bits per heavy atom. The van der Waals surface area contributed by atoms with E-state index in [1.54, 1.807) is 25.4 Å². The van der Waals surface area contributed by atoms with E-state index in [0.29, 0.717) is 30.6 Å². The van der Waals surface area contributed by atoms with Crippen molar-refractivity contribution in [3.8, 4) is 0 Å². The number of ether oxygens (including phenoxy) is 1. The van der Waals surface area contributed by atoms with Crippen molar-refractivity contribution in [2.75, 3.05) is 18.4 Å². The number of carbonyl (C=O) groups is 2. The number of hydrogen-bond acceptors (Lipinski definition) is 12. The molecule has 1 unspecified atom stereocenters. The Morgan fingerprint density at radius 3 is 2.67 bits per heavy atom. The number of hydrogen-bond donors (Lipinski definition) is 3. The molecular formula is C25H27N7O6S. The molecule has 1 fully saturated rings. The number of non-ortho nitro benzene ring substituents is 1. The van der Waals surface area contributed by atoms with E-state index in [4.69, 9.17) is 4.74 Å². The van der Waals surface area contributed by atoms with Gasteiger partial charge in [-0.2, -0.15) is 0 Å². The van der Waals surface area contributed by atoms with Crippen LogP contribution >= 0.6 is 11.8 Å². The van der Waals surface area contributed by atoms with Crippen molar-refractivity contribution in [2.45, 2.75) is 37.9 Å². The summed E-state index contributed by atoms with van der Waals surface area (Å²) in [5.41, 5.74) is 0.705. The first kappa shape index (κ1) is 26.6. The third-order valence-electron chi connectivity index (χ3n) is 6.86. The van der Waals surface area contributed by atoms with Gasteiger partial charge >= 0.3 is 5.97 Å². The highest BCUT2D eigenvalue weighted by atomic mass is 32.2. The van der Waals surface area contributed by atoms with Crippen LogP contribution in [0.4, 0.5) is 11.6 Å². The number of aliphatic hydroxyl groups excluding tert-OH is 1. The van der Waals surface area contributed by atoms with E-state index >= 15 is 0 Å². The van der Waals surface area contributed by atoms with Gasteiger partial charge in [0.1, 0.15) is 12.3 Å². The average Bonchev–Trinajstić information content (AvgIpc) is 3.16. The highest BCUT2D eigenvalue weighted by Crippen LogP contribution is 2.51. The van der Waals surface area contributed by atoms with Crippen LogP contribution in [-0.4, -0.2) is 73.2 Å². The van der Waals surface area contributed by atoms with Gasteiger partial charge < -0.3 is 20.1 Å². The number of guanidine groups is 1. The second-order valence-electron chi connectivity index (χ2n) is 9.47. The van der Waals surface area contributed by atoms with E-state index in [0.717, 1.165) is 4.91 Å². The Morgan fingerprint density at radius 2 is 2.05 bits per heavy atom. The number of amides is 1. The number of aliphatic hydroxyl groups is 1. The normalized spacial score (nSPS) is 24.7. The van der Waals surface area contributed by atoms with Gasteiger partial charge in [-0.05, 0) is 30.7 Å². The average molecular weight is 554 g/mol. The fourth-order valence-electron chi connectivity index (χ4n) is 4.94. The first-order valence-electron chi connectivity index (χ1n) is 12.4. The lowest BCUT2D eigenvalue weighted by Crippen LogP contribution is -2.63. The van der Waals surface area contributed by atoms with E-state index in [-0.39, 0.29) is 41.1 Å². The van der Waals surface area contributed by atoms with Gasteiger partial charge in [0.15, 0.2) is 5.96 Å². The lowest BCUT2D eigenvalue weighted by atomic mass is 9.79. The first-order chi connectivity index (χ1) is 18.7. The molecule has 0 spiro atoms. The van der Waals surface area contributed by atoms with Crippen molar-refractivity contribution < 1.29 is 24.4 Å². The third kappa shape index (κ3) is 5.29. The maximum absolute atomic E-state index is 13.3. The molecule has 5 atom stereocenters. The van der Waals surface area contributed by atoms with Crippen molar-refractivity contribution in [1.29, 1.82) is 0 Å². The summed E-state index contributed by atoms with van der Waals surface area (Å²) >= 11 is 1.47. The third-order valence-corrected chi connectivity index (χ3v) is 8.33. The maximum atomic E-state index is 13.3. The molecular weight excluding hydrogens is 526 g/mol. The number of benzene rings is 1. The van der Waals surface area contributed by atoms with Crippen molar-refractivity contribution >= 4 is 41.2 Å². The van der Waals surface area contributed by atoms with Gasteiger partial charge in [0.2, 0.25) is 11.9 Å². The van der Waals surface area contributed by atoms with Crippen LogP contribution < -0.4 is 10.6 Å². The van der Waals surface area contributed by atoms with Crippen molar-refractivity contribution in [3.05, 3.63) is 69.0 Å². The van der Waals surface area contributed by atoms with E-state index in [9.17, 15) is 24.8 Å². The molecule has 0 aliphatic carbocycles. The van der Waals surface area contributed by atoms with Crippen molar-refractivity contribution in [3.63, 3.8) is 0 Å². The van der Waals surface area contributed by atoms with E-state index < -0.39 is 22.9 Å². The number of rotatable bonds is 8. The summed E-state index contributed by atoms with van der Waals surface area (Å²) in [5, 5.41) is 27.3. The standard InChI is InChI=1S/C25H27N7O6S/c1-13-19-18(14(2)33)22(34)31(19)20(23(35)38-12-15-4-6-16(7-5-15)32(36)37)21(13)39-17-10-28-25(29-11-17)30-24-26-8-3-9-27-24/h3-9,13-14,17-19,33H,10-12H2,1-2H3,(H2,26,27,28,29,30)/t13-,14-,18-,19-/m1/s1. The largest absolute Gasteiger partial charge is 0.456 e. The number of esters is 1. The molecule has 0 radical (unpaired) electrons. The number of nitro benzene ring substituents is 1. The number of aliphatic imine (C=N–C) groups is 1. The summed E-state index contributed by atoms with van der Waals surface area (Å²) in [6, 6.07) is 7.10. The van der Waals surface area contributed by atoms with Crippen LogP contribution in [0.3, 0.4) is 0 Å². The zero-order valence-corrected chi connectivity index (χ0v) is 22.0. The molecule has 0 bridgehead atoms. The van der Waals surface area contributed by atoms with Crippen LogP contribution in [0, 0.1) is 22.0 Å². The van der Waals surface area contributed by atoms with Gasteiger partial charge in [-0.1, -0.05) is 6.92 Å². The molecule has 2 aromatic rings. The summed E-state index contributed by atoms with van der Waals surface area (Å²) in [5.74, 6) is -0.781. The van der Waals surface area contributed by atoms with Gasteiger partial charge in [0.05, 0.1) is 29.5 Å². The molecule has 4 heterocycles. The van der Waals surface area contributed by atoms with Gasteiger partial charge in [-0.25, -0.2) is 14.8 Å². The van der Waals surface area contributed by atoms with Crippen LogP contribution in [0.1, 0.15) is 19.4 Å². The minimum absolute atomic E-state index is 0.0269. The molecule has 3 N–H and O–H groups in total. The monoisotopic (exact) mass is 553 g/mol. The number of nitrogens with zero attached hydrogens (tertiary/aromatic N) is 5. The van der Waals surface area contributed by atoms with E-state index in [1.165, 1.54) is 40.9 Å². The summed E-state index contributed by atoms with van der Waals surface area (Å²) in [7, 11) is 0. The lowest BCUT2D eigenvalue weighted by molar-refractivity contribution is -0.384. The second kappa shape index (κ2) is 11.0. The quantitative estimate of drug-likeness (QED) is 0.188. The Balaban J connectivity index is 1.31. The van der Waals surface area contributed by atoms with Crippen LogP contribution in [0.15, 0.2) is 58.3 Å². The van der Waals surface area contributed by atoms with Gasteiger partial charge in [0.25, 0.3) is 5.69 Å². The number of nitro groups is 1. The van der Waals surface area contributed by atoms with Crippen LogP contribution in [-0.2, 0) is 20.9 Å². The smallest absolute Gasteiger partial charge is 0.356 e. The molecule has 5 rings (SSSR count). The van der Waals surface area contributed by atoms with Crippen LogP contribution in [0.5, 0.6) is 0 Å². The zero-order valence-electron chi connectivity index (χ0n) is 21.2. The number of fused-ring (bicyclic) bond motifs is 1. The fraction of sp³-hybridized carbons (Fsp3) is 0.400. The molecule has 1 aromatic heterocycles. The molecule has 1 amide bonds. The molecule has 1 saturated heterocycles. The molecule has 0 saturated carbocycles. The maximum Gasteiger partial charge on any atom is 0.356 e. The number of thioether (sulfide) groups is 1. The number of β-lactam (4-membered cyclic amide) rings is 1. The molecule has 204 valence electrons. The fourth-order valence-corrected chi connectivity index (χ4v) is 6.26. The Bertz CT molecular complexity index is 1330. The summed E-state index contributed by atoms with van der Waals surface area (Å²) < 4.78 is 5.56. The van der Waals surface area contributed by atoms with E-state index in [2.05, 4.69) is 25.6 Å². The molecule has 13 nitrogen and oxygen atoms in total. The molecule has 3 aliphatic rings. The van der Waals surface area contributed by atoms with Crippen LogP contribution in [0.2, 0.25) is 0 Å². The summed E-state index contributed by atoms with van der Waals surface area (Å²) in [4.78, 5) is 51.6. The number of anilines is 1. The Hall–Kier alpha value is -4.04. The molecule has 39 heavy (non-hydrogen) atoms. The molecule has 1 aromatic carbocycles. The number of nitrogens with one attached hydrogen (secondary N) is 2. The van der Waals surface area contributed by atoms with E-state index in [1.807, 2.05) is 6.92 Å². The summed E-state index contributed by atoms with van der Waals surface area (Å²) in [6.45, 7) is 4.41. The SMILES string of the molecule is C[C@@H](O)[C@H]1C(=O)N2C(C(=O)OCc3ccc([N+](=O)[O-])cc3)=C(SC3CN=C(Nc4ncccn4)NC3)[C@H](C)[C@H]12. The predicted octanol–water partition coefficient (Wildman–Crippen LogP) is 1.67. The first-order valence-corrected chi connectivity index (χ1v) is 13.3. The highest BCUT2D eigenvalue weighted by molar-refractivity contribution is 8.03. The topological polar surface area (TPSA) is 172 Å². The summed E-state index contributed by atoms with van der Waals surface area (Å²) in [6.07, 6.45) is 2.40. The zero-order chi connectivity index (χ0) is 27.7.